The van der Waals surface area contributed by atoms with E-state index in [1.54, 1.807) is 12.3 Å². The van der Waals surface area contributed by atoms with Gasteiger partial charge < -0.3 is 14.5 Å². The number of aromatic nitrogens is 1. The molecule has 1 aliphatic heterocycles. The second kappa shape index (κ2) is 6.26. The molecule has 2 radical (unpaired) electrons. The highest BCUT2D eigenvalue weighted by Crippen LogP contribution is 2.35. The lowest BCUT2D eigenvalue weighted by Crippen LogP contribution is -2.17. The summed E-state index contributed by atoms with van der Waals surface area (Å²) in [6.45, 7) is 4.36. The molecule has 1 aromatic carbocycles. The number of ether oxygens (including phenoxy) is 1. The Balaban J connectivity index is 1.89. The van der Waals surface area contributed by atoms with Gasteiger partial charge in [-0.05, 0) is 60.1 Å². The number of halogens is 2. The first-order valence-corrected chi connectivity index (χ1v) is 9.03. The molecule has 3 heterocycles. The quantitative estimate of drug-likeness (QED) is 0.478. The highest BCUT2D eigenvalue weighted by Gasteiger charge is 2.32. The fourth-order valence-electron chi connectivity index (χ4n) is 2.73. The van der Waals surface area contributed by atoms with Crippen LogP contribution in [0.5, 0.6) is 0 Å². The van der Waals surface area contributed by atoms with Crippen molar-refractivity contribution in [3.05, 3.63) is 45.7 Å². The van der Waals surface area contributed by atoms with Crippen LogP contribution in [-0.4, -0.2) is 30.9 Å². The van der Waals surface area contributed by atoms with Gasteiger partial charge in [-0.15, -0.1) is 0 Å². The van der Waals surface area contributed by atoms with Gasteiger partial charge in [0.15, 0.2) is 0 Å². The van der Waals surface area contributed by atoms with Gasteiger partial charge in [0.25, 0.3) is 5.90 Å². The molecule has 0 fully saturated rings. The molecule has 0 atom stereocenters. The Morgan fingerprint density at radius 2 is 2.12 bits per heavy atom. The van der Waals surface area contributed by atoms with Crippen molar-refractivity contribution in [2.75, 3.05) is 11.9 Å². The van der Waals surface area contributed by atoms with E-state index in [9.17, 15) is 4.39 Å². The molecule has 8 heteroatoms. The van der Waals surface area contributed by atoms with E-state index in [1.807, 2.05) is 19.9 Å². The maximum atomic E-state index is 14.4. The summed E-state index contributed by atoms with van der Waals surface area (Å²) in [4.78, 5) is 8.68. The van der Waals surface area contributed by atoms with Crippen molar-refractivity contribution >= 4 is 64.1 Å². The first-order chi connectivity index (χ1) is 12.3. The third kappa shape index (κ3) is 3.06. The van der Waals surface area contributed by atoms with Crippen LogP contribution in [0.4, 0.5) is 15.8 Å². The summed E-state index contributed by atoms with van der Waals surface area (Å²) < 4.78 is 26.8. The van der Waals surface area contributed by atoms with Crippen LogP contribution in [0.3, 0.4) is 0 Å². The number of hydrogen-bond donors (Lipinski definition) is 1. The lowest BCUT2D eigenvalue weighted by atomic mass is 9.97. The summed E-state index contributed by atoms with van der Waals surface area (Å²) in [6, 6.07) is 4.93. The maximum Gasteiger partial charge on any atom is 0.256 e. The van der Waals surface area contributed by atoms with E-state index < -0.39 is 0 Å². The molecule has 0 amide bonds. The second-order valence-electron chi connectivity index (χ2n) is 6.68. The third-order valence-corrected chi connectivity index (χ3v) is 4.65. The Morgan fingerprint density at radius 3 is 2.81 bits per heavy atom. The molecule has 0 bridgehead atoms. The Kier molecular flexibility index (Phi) is 4.17. The largest absolute Gasteiger partial charge is 0.473 e. The molecule has 0 saturated heterocycles. The van der Waals surface area contributed by atoms with E-state index in [0.29, 0.717) is 46.1 Å². The summed E-state index contributed by atoms with van der Waals surface area (Å²) in [7, 11) is 5.99. The van der Waals surface area contributed by atoms with Crippen molar-refractivity contribution in [3.8, 4) is 0 Å². The number of rotatable bonds is 3. The molecule has 4 rings (SSSR count). The molecule has 1 aliphatic rings. The van der Waals surface area contributed by atoms with E-state index >= 15 is 0 Å². The van der Waals surface area contributed by atoms with Crippen LogP contribution in [-0.2, 0) is 4.74 Å². The zero-order chi connectivity index (χ0) is 18.5. The maximum absolute atomic E-state index is 14.4. The van der Waals surface area contributed by atoms with Crippen LogP contribution < -0.4 is 10.8 Å². The number of furan rings is 1. The topological polar surface area (TPSA) is 59.7 Å². The van der Waals surface area contributed by atoms with Crippen molar-refractivity contribution in [1.82, 2.24) is 4.98 Å². The van der Waals surface area contributed by atoms with E-state index in [2.05, 4.69) is 37.9 Å². The lowest BCUT2D eigenvalue weighted by Gasteiger charge is -2.08. The Hall–Kier alpha value is -2.10. The van der Waals surface area contributed by atoms with Gasteiger partial charge in [0.1, 0.15) is 31.5 Å². The lowest BCUT2D eigenvalue weighted by molar-refractivity contribution is 0.276. The van der Waals surface area contributed by atoms with Crippen molar-refractivity contribution in [2.45, 2.75) is 19.4 Å². The third-order valence-electron chi connectivity index (χ3n) is 3.98. The van der Waals surface area contributed by atoms with E-state index in [1.165, 1.54) is 12.3 Å². The summed E-state index contributed by atoms with van der Waals surface area (Å²) in [5, 5.41) is 3.73. The number of fused-ring (bicyclic) bond motifs is 1. The first-order valence-electron chi connectivity index (χ1n) is 7.95. The minimum atomic E-state index is -0.372. The van der Waals surface area contributed by atoms with Crippen molar-refractivity contribution < 1.29 is 13.5 Å². The summed E-state index contributed by atoms with van der Waals surface area (Å²) in [6.07, 6.45) is 3.12. The molecule has 0 aliphatic carbocycles. The number of aliphatic imine (C=N–C) groups is 1. The smallest absolute Gasteiger partial charge is 0.256 e. The van der Waals surface area contributed by atoms with Crippen LogP contribution in [0.15, 0.2) is 40.0 Å². The van der Waals surface area contributed by atoms with Crippen molar-refractivity contribution in [1.29, 1.82) is 0 Å². The molecular formula is C18H14BFIN3O2. The van der Waals surface area contributed by atoms with Gasteiger partial charge in [0, 0.05) is 16.0 Å². The molecule has 130 valence electrons. The number of nitrogens with zero attached hydrogens (tertiary/aromatic N) is 2. The number of nitrogens with one attached hydrogen (secondary N) is 1. The van der Waals surface area contributed by atoms with Crippen LogP contribution in [0.25, 0.3) is 11.0 Å². The van der Waals surface area contributed by atoms with Gasteiger partial charge in [-0.3, -0.25) is 4.98 Å². The minimum absolute atomic E-state index is 0.314. The molecular weight excluding hydrogens is 447 g/mol. The zero-order valence-electron chi connectivity index (χ0n) is 14.1. The standard InChI is InChI=1S/C18H14BFIN3O2/c1-18(2)8-25-17(24-18)16-14(10-6-22-7-11(19)15(10)26-16)23-13-4-3-9(21)5-12(13)20/h3-7,23H,8H2,1-2H3. The van der Waals surface area contributed by atoms with Gasteiger partial charge in [-0.2, -0.15) is 0 Å². The van der Waals surface area contributed by atoms with Gasteiger partial charge in [0.05, 0.1) is 16.6 Å². The van der Waals surface area contributed by atoms with Gasteiger partial charge in [-0.25, -0.2) is 9.38 Å². The predicted octanol–water partition coefficient (Wildman–Crippen LogP) is 3.66. The Morgan fingerprint density at radius 1 is 1.31 bits per heavy atom. The van der Waals surface area contributed by atoms with Gasteiger partial charge in [0.2, 0.25) is 5.76 Å². The molecule has 0 spiro atoms. The molecule has 0 saturated carbocycles. The van der Waals surface area contributed by atoms with E-state index in [0.717, 1.165) is 3.57 Å². The van der Waals surface area contributed by atoms with Gasteiger partial charge in [-0.1, -0.05) is 0 Å². The Bertz CT molecular complexity index is 1050. The fraction of sp³-hybridized carbons (Fsp3) is 0.222. The monoisotopic (exact) mass is 461 g/mol. The van der Waals surface area contributed by atoms with Crippen LogP contribution in [0.2, 0.25) is 0 Å². The summed E-state index contributed by atoms with van der Waals surface area (Å²) >= 11 is 2.06. The van der Waals surface area contributed by atoms with Gasteiger partial charge >= 0.3 is 0 Å². The van der Waals surface area contributed by atoms with Crippen LogP contribution >= 0.6 is 22.6 Å². The van der Waals surface area contributed by atoms with Crippen molar-refractivity contribution in [3.63, 3.8) is 0 Å². The number of pyridine rings is 1. The van der Waals surface area contributed by atoms with E-state index in [4.69, 9.17) is 17.0 Å². The fourth-order valence-corrected chi connectivity index (χ4v) is 3.19. The second-order valence-corrected chi connectivity index (χ2v) is 7.92. The van der Waals surface area contributed by atoms with E-state index in [-0.39, 0.29) is 11.4 Å². The Labute approximate surface area is 164 Å². The number of benzene rings is 1. The average molecular weight is 461 g/mol. The van der Waals surface area contributed by atoms with Crippen LogP contribution in [0, 0.1) is 9.39 Å². The highest BCUT2D eigenvalue weighted by molar-refractivity contribution is 14.1. The summed E-state index contributed by atoms with van der Waals surface area (Å²) in [5.41, 5.74) is 1.33. The molecule has 5 nitrogen and oxygen atoms in total. The number of anilines is 2. The van der Waals surface area contributed by atoms with Crippen molar-refractivity contribution in [2.24, 2.45) is 4.99 Å². The zero-order valence-corrected chi connectivity index (χ0v) is 16.3. The molecule has 1 N–H and O–H groups in total. The molecule has 2 aromatic heterocycles. The first kappa shape index (κ1) is 17.3. The SMILES string of the molecule is [B]c1cncc2c(Nc3ccc(I)cc3F)c(C3=NC(C)(C)CO3)oc12. The minimum Gasteiger partial charge on any atom is -0.473 e. The molecule has 26 heavy (non-hydrogen) atoms. The van der Waals surface area contributed by atoms with Crippen LogP contribution in [0.1, 0.15) is 19.6 Å². The molecule has 3 aromatic rings. The normalized spacial score (nSPS) is 15.8. The summed E-state index contributed by atoms with van der Waals surface area (Å²) in [5.74, 6) is 0.367. The predicted molar refractivity (Wildman–Crippen MR) is 108 cm³/mol. The average Bonchev–Trinajstić information content (AvgIpc) is 3.11. The molecule has 0 unspecified atom stereocenters. The number of hydrogen-bond acceptors (Lipinski definition) is 5. The highest BCUT2D eigenvalue weighted by atomic mass is 127.